The fourth-order valence-electron chi connectivity index (χ4n) is 3.14. The van der Waals surface area contributed by atoms with Gasteiger partial charge in [-0.25, -0.2) is 4.79 Å². The van der Waals surface area contributed by atoms with Crippen molar-refractivity contribution in [3.05, 3.63) is 108 Å². The zero-order chi connectivity index (χ0) is 19.3. The Balaban J connectivity index is 2.25. The summed E-state index contributed by atoms with van der Waals surface area (Å²) in [5, 5.41) is 0. The highest BCUT2D eigenvalue weighted by atomic mass is 17.2. The van der Waals surface area contributed by atoms with E-state index in [2.05, 4.69) is 0 Å². The van der Waals surface area contributed by atoms with Crippen molar-refractivity contribution >= 4 is 5.97 Å². The van der Waals surface area contributed by atoms with Crippen LogP contribution in [0.5, 0.6) is 0 Å². The van der Waals surface area contributed by atoms with Crippen molar-refractivity contribution in [2.75, 3.05) is 0 Å². The normalized spacial score (nSPS) is 11.8. The molecule has 0 aliphatic heterocycles. The van der Waals surface area contributed by atoms with E-state index in [0.29, 0.717) is 0 Å². The van der Waals surface area contributed by atoms with E-state index >= 15 is 0 Å². The molecule has 0 aliphatic carbocycles. The molecule has 3 heteroatoms. The van der Waals surface area contributed by atoms with Gasteiger partial charge in [-0.2, -0.15) is 4.89 Å². The molecule has 0 saturated carbocycles. The Morgan fingerprint density at radius 3 is 1.26 bits per heavy atom. The molecule has 0 aliphatic rings. The lowest BCUT2D eigenvalue weighted by Crippen LogP contribution is -2.41. The number of hydrogen-bond acceptors (Lipinski definition) is 3. The predicted molar refractivity (Wildman–Crippen MR) is 106 cm³/mol. The van der Waals surface area contributed by atoms with Crippen LogP contribution in [-0.4, -0.2) is 11.6 Å². The molecule has 0 amide bonds. The molecule has 0 N–H and O–H groups in total. The standard InChI is InChI=1S/C24H24O3/c1-23(2,3)27-26-22(25)24(19-13-7-4-8-14-19,20-15-9-5-10-16-20)21-17-11-6-12-18-21/h4-18H,1-3H3. The minimum Gasteiger partial charge on any atom is -0.296 e. The maximum atomic E-state index is 13.6. The van der Waals surface area contributed by atoms with Gasteiger partial charge in [0.2, 0.25) is 0 Å². The number of carbonyl (C=O) groups excluding carboxylic acids is 1. The Bertz CT molecular complexity index is 769. The van der Waals surface area contributed by atoms with Gasteiger partial charge >= 0.3 is 5.97 Å². The first-order valence-electron chi connectivity index (χ1n) is 9.01. The molecule has 3 rings (SSSR count). The summed E-state index contributed by atoms with van der Waals surface area (Å²) in [6.45, 7) is 5.53. The van der Waals surface area contributed by atoms with E-state index in [0.717, 1.165) is 16.7 Å². The van der Waals surface area contributed by atoms with Crippen molar-refractivity contribution in [2.24, 2.45) is 0 Å². The van der Waals surface area contributed by atoms with E-state index in [1.165, 1.54) is 0 Å². The van der Waals surface area contributed by atoms with Crippen LogP contribution in [0.1, 0.15) is 37.5 Å². The van der Waals surface area contributed by atoms with Crippen molar-refractivity contribution in [1.29, 1.82) is 0 Å². The molecule has 0 aromatic heterocycles. The highest BCUT2D eigenvalue weighted by molar-refractivity contribution is 5.92. The quantitative estimate of drug-likeness (QED) is 0.352. The lowest BCUT2D eigenvalue weighted by atomic mass is 9.69. The second-order valence-corrected chi connectivity index (χ2v) is 7.41. The molecule has 3 aromatic carbocycles. The van der Waals surface area contributed by atoms with Gasteiger partial charge in [0.05, 0.1) is 0 Å². The molecule has 0 heterocycles. The van der Waals surface area contributed by atoms with Gasteiger partial charge in [-0.15, -0.1) is 0 Å². The first-order valence-corrected chi connectivity index (χ1v) is 9.01. The fourth-order valence-corrected chi connectivity index (χ4v) is 3.14. The van der Waals surface area contributed by atoms with Crippen molar-refractivity contribution < 1.29 is 14.6 Å². The summed E-state index contributed by atoms with van der Waals surface area (Å²) in [6.07, 6.45) is 0. The predicted octanol–water partition coefficient (Wildman–Crippen LogP) is 5.29. The van der Waals surface area contributed by atoms with Crippen LogP contribution in [0.15, 0.2) is 91.0 Å². The van der Waals surface area contributed by atoms with E-state index in [4.69, 9.17) is 9.78 Å². The van der Waals surface area contributed by atoms with Crippen LogP contribution in [0.4, 0.5) is 0 Å². The molecule has 0 spiro atoms. The third-order valence-electron chi connectivity index (χ3n) is 4.29. The molecule has 0 saturated heterocycles. The molecule has 138 valence electrons. The van der Waals surface area contributed by atoms with Gasteiger partial charge in [0.25, 0.3) is 0 Å². The maximum Gasteiger partial charge on any atom is 0.361 e. The average Bonchev–Trinajstić information content (AvgIpc) is 2.69. The molecule has 3 aromatic rings. The summed E-state index contributed by atoms with van der Waals surface area (Å²) < 4.78 is 0. The zero-order valence-corrected chi connectivity index (χ0v) is 15.9. The molecule has 3 nitrogen and oxygen atoms in total. The Labute approximate surface area is 160 Å². The fraction of sp³-hybridized carbons (Fsp3) is 0.208. The monoisotopic (exact) mass is 360 g/mol. The SMILES string of the molecule is CC(C)(C)OOC(=O)C(c1ccccc1)(c1ccccc1)c1ccccc1. The molecular weight excluding hydrogens is 336 g/mol. The van der Waals surface area contributed by atoms with Crippen molar-refractivity contribution in [1.82, 2.24) is 0 Å². The van der Waals surface area contributed by atoms with E-state index < -0.39 is 17.0 Å². The van der Waals surface area contributed by atoms with Gasteiger partial charge in [0, 0.05) is 0 Å². The summed E-state index contributed by atoms with van der Waals surface area (Å²) >= 11 is 0. The van der Waals surface area contributed by atoms with Gasteiger partial charge < -0.3 is 0 Å². The lowest BCUT2D eigenvalue weighted by molar-refractivity contribution is -0.322. The smallest absolute Gasteiger partial charge is 0.296 e. The highest BCUT2D eigenvalue weighted by Gasteiger charge is 2.46. The van der Waals surface area contributed by atoms with Crippen molar-refractivity contribution in [3.8, 4) is 0 Å². The van der Waals surface area contributed by atoms with Crippen LogP contribution in [0, 0.1) is 0 Å². The van der Waals surface area contributed by atoms with E-state index in [9.17, 15) is 4.79 Å². The topological polar surface area (TPSA) is 35.5 Å². The number of carbonyl (C=O) groups is 1. The highest BCUT2D eigenvalue weighted by Crippen LogP contribution is 2.40. The molecular formula is C24H24O3. The largest absolute Gasteiger partial charge is 0.361 e. The Morgan fingerprint density at radius 1 is 0.630 bits per heavy atom. The van der Waals surface area contributed by atoms with Crippen molar-refractivity contribution in [2.45, 2.75) is 31.8 Å². The summed E-state index contributed by atoms with van der Waals surface area (Å²) in [6, 6.07) is 29.0. The van der Waals surface area contributed by atoms with E-state index in [-0.39, 0.29) is 0 Å². The second-order valence-electron chi connectivity index (χ2n) is 7.41. The van der Waals surface area contributed by atoms with Gasteiger partial charge in [-0.1, -0.05) is 91.0 Å². The molecule has 0 radical (unpaired) electrons. The van der Waals surface area contributed by atoms with Crippen LogP contribution in [-0.2, 0) is 20.0 Å². The minimum atomic E-state index is -1.13. The third kappa shape index (κ3) is 3.93. The molecule has 0 atom stereocenters. The molecule has 27 heavy (non-hydrogen) atoms. The summed E-state index contributed by atoms with van der Waals surface area (Å²) in [5.74, 6) is -0.471. The third-order valence-corrected chi connectivity index (χ3v) is 4.29. The molecule has 0 bridgehead atoms. The summed E-state index contributed by atoms with van der Waals surface area (Å²) in [7, 11) is 0. The first kappa shape index (κ1) is 18.9. The van der Waals surface area contributed by atoms with Gasteiger partial charge in [-0.3, -0.25) is 4.89 Å². The molecule has 0 fully saturated rings. The number of rotatable bonds is 5. The second kappa shape index (κ2) is 7.77. The Morgan fingerprint density at radius 2 is 0.963 bits per heavy atom. The average molecular weight is 360 g/mol. The Hall–Kier alpha value is -2.91. The summed E-state index contributed by atoms with van der Waals surface area (Å²) in [5.41, 5.74) is 0.736. The lowest BCUT2D eigenvalue weighted by Gasteiger charge is -2.33. The minimum absolute atomic E-state index is 0.471. The first-order chi connectivity index (χ1) is 12.9. The van der Waals surface area contributed by atoms with Crippen LogP contribution in [0.3, 0.4) is 0 Å². The number of hydrogen-bond donors (Lipinski definition) is 0. The van der Waals surface area contributed by atoms with Gasteiger partial charge in [0.15, 0.2) is 0 Å². The van der Waals surface area contributed by atoms with Crippen LogP contribution in [0.2, 0.25) is 0 Å². The summed E-state index contributed by atoms with van der Waals surface area (Å²) in [4.78, 5) is 24.4. The van der Waals surface area contributed by atoms with E-state index in [1.807, 2.05) is 112 Å². The number of benzene rings is 3. The zero-order valence-electron chi connectivity index (χ0n) is 15.9. The van der Waals surface area contributed by atoms with Gasteiger partial charge in [0.1, 0.15) is 11.0 Å². The van der Waals surface area contributed by atoms with Crippen molar-refractivity contribution in [3.63, 3.8) is 0 Å². The maximum absolute atomic E-state index is 13.6. The van der Waals surface area contributed by atoms with Crippen LogP contribution >= 0.6 is 0 Å². The van der Waals surface area contributed by atoms with E-state index in [1.54, 1.807) is 0 Å². The molecule has 0 unspecified atom stereocenters. The van der Waals surface area contributed by atoms with Crippen LogP contribution in [0.25, 0.3) is 0 Å². The van der Waals surface area contributed by atoms with Gasteiger partial charge in [-0.05, 0) is 37.5 Å². The Kier molecular flexibility index (Phi) is 5.43. The van der Waals surface area contributed by atoms with Crippen LogP contribution < -0.4 is 0 Å².